The van der Waals surface area contributed by atoms with Gasteiger partial charge in [-0.3, -0.25) is 44.3 Å². The van der Waals surface area contributed by atoms with Gasteiger partial charge in [-0.05, 0) is 12.1 Å². The molecule has 0 saturated carbocycles. The number of nitro groups is 3. The van der Waals surface area contributed by atoms with E-state index in [9.17, 15) is 69.9 Å². The number of nitrogen functional groups attached to an aromatic ring is 1. The molecule has 81 heavy (non-hydrogen) atoms. The Kier molecular flexibility index (Phi) is 50.3. The zero-order valence-electron chi connectivity index (χ0n) is 43.7. The molecule has 0 atom stereocenters. The number of phenols is 2. The summed E-state index contributed by atoms with van der Waals surface area (Å²) < 4.78 is 141. The number of nitro benzene ring substituents is 3. The summed E-state index contributed by atoms with van der Waals surface area (Å²) in [6.07, 6.45) is 0. The van der Waals surface area contributed by atoms with Crippen LogP contribution < -0.4 is 172 Å². The fourth-order valence-corrected chi connectivity index (χ4v) is 4.53. The molecule has 39 heteroatoms. The van der Waals surface area contributed by atoms with E-state index in [0.29, 0.717) is 60.4 Å². The van der Waals surface area contributed by atoms with Gasteiger partial charge in [0, 0.05) is 50.1 Å². The number of carboxylic acid groups (broad SMARTS) is 1. The van der Waals surface area contributed by atoms with Crippen molar-refractivity contribution in [3.8, 4) is 40.2 Å². The van der Waals surface area contributed by atoms with Gasteiger partial charge in [-0.15, -0.1) is 4.91 Å². The van der Waals surface area contributed by atoms with Crippen LogP contribution in [0.3, 0.4) is 0 Å². The minimum Gasteiger partial charge on any atom is -1.00 e. The van der Waals surface area contributed by atoms with Gasteiger partial charge in [-0.2, -0.15) is 0 Å². The molecule has 0 fully saturated rings. The van der Waals surface area contributed by atoms with Crippen molar-refractivity contribution in [2.24, 2.45) is 5.34 Å². The molecule has 8 N–H and O–H groups in total. The molecule has 0 bridgehead atoms. The van der Waals surface area contributed by atoms with Crippen molar-refractivity contribution in [3.05, 3.63) is 149 Å². The SMILES string of the molecule is CC(=O)O.Nc1cc(F)cc2c1OCCO2.O=CO[O-].O=NO.O=[N+]([O-])c1cc(F)cc(F)c1O.O=[N+]([O-])c1cc(F)cc(F)c1OCCO.O=[N+]([O-])c1cc(F)cc2c1OCCO2.OCCBr.Oc1ccc(F)cc1F.[2H]CF.[Cs+].[Cs+].[H-].[HH]. The van der Waals surface area contributed by atoms with Gasteiger partial charge in [0.1, 0.15) is 62.1 Å². The second-order valence-electron chi connectivity index (χ2n) is 12.6. The van der Waals surface area contributed by atoms with E-state index >= 15 is 0 Å². The Morgan fingerprint density at radius 1 is 0.741 bits per heavy atom. The van der Waals surface area contributed by atoms with Crippen molar-refractivity contribution in [2.45, 2.75) is 6.92 Å². The van der Waals surface area contributed by atoms with Gasteiger partial charge >= 0.3 is 155 Å². The van der Waals surface area contributed by atoms with E-state index in [2.05, 4.69) is 25.6 Å². The summed E-state index contributed by atoms with van der Waals surface area (Å²) in [4.78, 5) is 56.6. The first-order chi connectivity index (χ1) is 37.6. The van der Waals surface area contributed by atoms with E-state index in [1.807, 2.05) is 0 Å². The number of halogens is 10. The number of nitrogens with two attached hydrogens (primary N) is 1. The van der Waals surface area contributed by atoms with E-state index in [0.717, 1.165) is 31.2 Å². The number of carbonyl (C=O) groups excluding carboxylic acids is 1. The number of nitrogens with zero attached hydrogens (tertiary/aromatic N) is 4. The van der Waals surface area contributed by atoms with Gasteiger partial charge in [-0.1, -0.05) is 15.9 Å². The molecule has 0 saturated heterocycles. The smallest absolute Gasteiger partial charge is 1.00 e. The van der Waals surface area contributed by atoms with Crippen molar-refractivity contribution in [3.63, 3.8) is 0 Å². The average molecular weight is 1490 g/mol. The number of benzene rings is 5. The maximum atomic E-state index is 13.0. The number of aliphatic hydroxyl groups is 2. The van der Waals surface area contributed by atoms with Gasteiger partial charge in [0.05, 0.1) is 60.4 Å². The van der Waals surface area contributed by atoms with Crippen molar-refractivity contribution in [1.29, 1.82) is 0 Å². The van der Waals surface area contributed by atoms with E-state index in [1.54, 1.807) is 0 Å². The van der Waals surface area contributed by atoms with Crippen LogP contribution in [0.25, 0.3) is 0 Å². The van der Waals surface area contributed by atoms with Crippen LogP contribution in [0.1, 0.15) is 11.1 Å². The Morgan fingerprint density at radius 3 is 1.52 bits per heavy atom. The van der Waals surface area contributed by atoms with Gasteiger partial charge < -0.3 is 71.7 Å². The van der Waals surface area contributed by atoms with Crippen molar-refractivity contribution in [2.75, 3.05) is 64.5 Å². The molecule has 0 aromatic heterocycles. The number of aliphatic carboxylic acids is 1. The Labute approximate surface area is 579 Å². The zero-order valence-corrected chi connectivity index (χ0v) is 55.8. The van der Waals surface area contributed by atoms with Crippen molar-refractivity contribution >= 4 is 51.1 Å². The number of phenolic OH excluding ortho intramolecular Hbond substituents is 2. The minimum atomic E-state index is -1.35. The Morgan fingerprint density at radius 2 is 1.11 bits per heavy atom. The fraction of sp³-hybridized carbons (Fsp3) is 0.238. The Bertz CT molecular complexity index is 2750. The van der Waals surface area contributed by atoms with Crippen LogP contribution >= 0.6 is 15.9 Å². The van der Waals surface area contributed by atoms with Crippen molar-refractivity contribution in [1.82, 2.24) is 0 Å². The monoisotopic (exact) mass is 1490 g/mol. The number of carboxylic acids is 1. The van der Waals surface area contributed by atoms with Gasteiger partial charge in [0.25, 0.3) is 12.4 Å². The van der Waals surface area contributed by atoms with E-state index in [4.69, 9.17) is 76.5 Å². The number of rotatable bonds is 8. The normalized spacial score (nSPS) is 10.2. The first-order valence-electron chi connectivity index (χ1n) is 20.7. The van der Waals surface area contributed by atoms with Crippen LogP contribution in [0.2, 0.25) is 0 Å². The van der Waals surface area contributed by atoms with E-state index < -0.39 is 115 Å². The van der Waals surface area contributed by atoms with Crippen LogP contribution in [0.4, 0.5) is 62.3 Å². The Hall–Kier alpha value is -5.13. The summed E-state index contributed by atoms with van der Waals surface area (Å²) in [5.41, 5.74) is 3.59. The van der Waals surface area contributed by atoms with Crippen LogP contribution in [-0.2, 0) is 14.5 Å². The van der Waals surface area contributed by atoms with Gasteiger partial charge in [0.2, 0.25) is 17.2 Å². The molecule has 7 rings (SSSR count). The number of aromatic hydroxyl groups is 2. The van der Waals surface area contributed by atoms with Crippen LogP contribution in [0, 0.1) is 81.8 Å². The molecule has 0 amide bonds. The third-order valence-corrected chi connectivity index (χ3v) is 7.54. The molecule has 2 aliphatic rings. The summed E-state index contributed by atoms with van der Waals surface area (Å²) in [6.45, 7) is 1.82. The summed E-state index contributed by atoms with van der Waals surface area (Å²) in [6, 6.07) is 8.77. The first kappa shape index (κ1) is 82.3. The standard InChI is InChI=1S/C8H7F2NO4.C8H6FNO4.C8H8FNO2.C6H3F2NO3.C6H4F2O.C2H5BrO.C2H4O2.CH3F.CH2O3.2Cs.HNO2.H2.H/c9-5-3-6(10)8(15-2-1-12)7(4-5)11(13)14;9-5-3-6(10(11)12)8-7(4-5)13-1-2-14-8;9-5-3-6(10)8-7(4-5)11-1-2-12-8;7-3-1-4(8)6(10)5(2-3)9(11)12;7-4-1-2-6(9)5(8)3-4;3-1-2-4;1-2(3)4;1-2;2-1-4-3;;;2-1-3;;/h3-4,12H,1-2H2;3-4H,1-2H2;3-4H,1-2,10H2;1-2,10H;1-3,9H;4H,1-2H2;1H3,(H,3,4);1H3;1,3H;;;(H,2,3);1H;/q;;;;;;;;;2*+1;;;-1/p-1/i;;;;;;;1D;;;;;;. The number of fused-ring (bicyclic) bond motifs is 2. The molecule has 2 aliphatic heterocycles. The molecule has 2 heterocycles. The number of aliphatic hydroxyl groups excluding tert-OH is 2. The van der Waals surface area contributed by atoms with Gasteiger partial charge in [0.15, 0.2) is 45.8 Å². The summed E-state index contributed by atoms with van der Waals surface area (Å²) in [5.74, 6) is -9.68. The second-order valence-corrected chi connectivity index (χ2v) is 13.4. The molecular weight excluding hydrogens is 1440 g/mol. The third kappa shape index (κ3) is 36.9. The second kappa shape index (κ2) is 49.5. The number of hydrogen-bond donors (Lipinski definition) is 7. The summed E-state index contributed by atoms with van der Waals surface area (Å²) in [7, 11) is -1.00. The predicted molar refractivity (Wildman–Crippen MR) is 253 cm³/mol. The number of alkyl halides is 2. The van der Waals surface area contributed by atoms with Crippen LogP contribution in [-0.4, -0.2) is 117 Å². The summed E-state index contributed by atoms with van der Waals surface area (Å²) in [5, 5.41) is 88.9. The van der Waals surface area contributed by atoms with E-state index in [1.165, 1.54) is 17.5 Å². The molecule has 442 valence electrons. The first-order valence-corrected chi connectivity index (χ1v) is 21.1. The van der Waals surface area contributed by atoms with Crippen LogP contribution in [0.15, 0.2) is 72.1 Å². The number of anilines is 1. The maximum absolute atomic E-state index is 13.0. The number of ether oxygens (including phenoxy) is 5. The average Bonchev–Trinajstić information content (AvgIpc) is 3.39. The number of carbonyl (C=O) groups is 2. The largest absolute Gasteiger partial charge is 1.00 e. The Balaban J connectivity index is -0.000000163. The molecule has 0 aliphatic carbocycles. The molecule has 27 nitrogen and oxygen atoms in total. The zero-order chi connectivity index (χ0) is 62.1. The molecule has 0 spiro atoms. The third-order valence-electron chi connectivity index (χ3n) is 7.18. The predicted octanol–water partition coefficient (Wildman–Crippen LogP) is 1.17. The topological polar surface area (TPSA) is 419 Å². The molecule has 5 aromatic carbocycles. The van der Waals surface area contributed by atoms with E-state index in [-0.39, 0.29) is 191 Å². The fourth-order valence-electron chi connectivity index (χ4n) is 4.53. The van der Waals surface area contributed by atoms with Crippen molar-refractivity contribution < 1.29 is 270 Å². The van der Waals surface area contributed by atoms with Crippen LogP contribution in [0.5, 0.6) is 40.2 Å². The molecule has 0 unspecified atom stereocenters. The van der Waals surface area contributed by atoms with Gasteiger partial charge in [-0.25, -0.2) is 35.1 Å². The number of hydrogen-bond acceptors (Lipinski definition) is 22. The quantitative estimate of drug-likeness (QED) is 0.0168. The minimum absolute atomic E-state index is 0. The molecule has 5 aromatic rings. The maximum Gasteiger partial charge on any atom is 1.00 e. The molecule has 0 radical (unpaired) electrons. The summed E-state index contributed by atoms with van der Waals surface area (Å²) >= 11 is 3.00. The molecular formula is C42H45BrCs2F9N5O22.